The van der Waals surface area contributed by atoms with Crippen LogP contribution in [0.1, 0.15) is 57.8 Å². The van der Waals surface area contributed by atoms with Crippen molar-refractivity contribution in [3.8, 4) is 0 Å². The first-order valence-corrected chi connectivity index (χ1v) is 6.33. The van der Waals surface area contributed by atoms with Gasteiger partial charge in [0.05, 0.1) is 6.42 Å². The zero-order valence-corrected chi connectivity index (χ0v) is 9.34. The molecule has 0 aromatic heterocycles. The summed E-state index contributed by atoms with van der Waals surface area (Å²) >= 11 is 0. The van der Waals surface area contributed by atoms with Crippen molar-refractivity contribution in [1.82, 2.24) is 0 Å². The molecule has 0 bridgehead atoms. The van der Waals surface area contributed by atoms with E-state index in [1.807, 2.05) is 0 Å². The fourth-order valence-electron chi connectivity index (χ4n) is 2.96. The highest BCUT2D eigenvalue weighted by Crippen LogP contribution is 2.30. The van der Waals surface area contributed by atoms with Gasteiger partial charge in [0.25, 0.3) is 0 Å². The smallest absolute Gasteiger partial charge is 0.143 e. The Morgan fingerprint density at radius 2 is 1.07 bits per heavy atom. The van der Waals surface area contributed by atoms with Crippen LogP contribution in [0.4, 0.5) is 0 Å². The minimum Gasteiger partial charge on any atom is -0.299 e. The second-order valence-corrected chi connectivity index (χ2v) is 5.07. The highest BCUT2D eigenvalue weighted by atomic mass is 16.1. The maximum atomic E-state index is 11.8. The van der Waals surface area contributed by atoms with E-state index >= 15 is 0 Å². The fourth-order valence-corrected chi connectivity index (χ4v) is 2.96. The van der Waals surface area contributed by atoms with Crippen LogP contribution in [-0.4, -0.2) is 11.6 Å². The molecule has 0 aromatic carbocycles. The molecule has 0 saturated heterocycles. The van der Waals surface area contributed by atoms with Crippen LogP contribution in [0.2, 0.25) is 0 Å². The van der Waals surface area contributed by atoms with Crippen LogP contribution in [0.3, 0.4) is 0 Å². The van der Waals surface area contributed by atoms with Gasteiger partial charge < -0.3 is 0 Å². The van der Waals surface area contributed by atoms with E-state index in [2.05, 4.69) is 0 Å². The lowest BCUT2D eigenvalue weighted by Gasteiger charge is -2.10. The Morgan fingerprint density at radius 1 is 0.733 bits per heavy atom. The molecule has 2 aliphatic rings. The molecule has 0 aliphatic heterocycles. The lowest BCUT2D eigenvalue weighted by atomic mass is 9.92. The predicted molar refractivity (Wildman–Crippen MR) is 58.5 cm³/mol. The van der Waals surface area contributed by atoms with E-state index in [1.54, 1.807) is 0 Å². The molecular weight excluding hydrogens is 188 g/mol. The van der Waals surface area contributed by atoms with Gasteiger partial charge in [-0.15, -0.1) is 0 Å². The molecule has 2 nitrogen and oxygen atoms in total. The average Bonchev–Trinajstić information content (AvgIpc) is 2.91. The van der Waals surface area contributed by atoms with Crippen LogP contribution in [0.25, 0.3) is 0 Å². The molecule has 2 heteroatoms. The second-order valence-electron chi connectivity index (χ2n) is 5.07. The number of hydrogen-bond acceptors (Lipinski definition) is 2. The van der Waals surface area contributed by atoms with E-state index in [1.165, 1.54) is 25.7 Å². The number of hydrogen-bond donors (Lipinski definition) is 0. The van der Waals surface area contributed by atoms with E-state index < -0.39 is 0 Å². The van der Waals surface area contributed by atoms with Gasteiger partial charge in [0, 0.05) is 11.8 Å². The van der Waals surface area contributed by atoms with Crippen LogP contribution in [0.5, 0.6) is 0 Å². The van der Waals surface area contributed by atoms with E-state index in [-0.39, 0.29) is 29.8 Å². The molecule has 0 atom stereocenters. The number of rotatable bonds is 4. The SMILES string of the molecule is O=C(CC(=O)C1CCCC1)C1CCCC1. The molecular formula is C13H20O2. The standard InChI is InChI=1S/C13H20O2/c14-12(10-5-1-2-6-10)9-13(15)11-7-3-4-8-11/h10-11H,1-9H2. The van der Waals surface area contributed by atoms with Crippen LogP contribution >= 0.6 is 0 Å². The van der Waals surface area contributed by atoms with Crippen LogP contribution in [0.15, 0.2) is 0 Å². The lowest BCUT2D eigenvalue weighted by Crippen LogP contribution is -2.20. The van der Waals surface area contributed by atoms with Gasteiger partial charge in [0.2, 0.25) is 0 Å². The molecule has 0 aromatic rings. The minimum absolute atomic E-state index is 0.218. The highest BCUT2D eigenvalue weighted by Gasteiger charge is 2.28. The Labute approximate surface area is 91.4 Å². The summed E-state index contributed by atoms with van der Waals surface area (Å²) in [6, 6.07) is 0. The van der Waals surface area contributed by atoms with Crippen molar-refractivity contribution in [3.05, 3.63) is 0 Å². The first-order chi connectivity index (χ1) is 7.27. The van der Waals surface area contributed by atoms with Gasteiger partial charge in [-0.25, -0.2) is 0 Å². The molecule has 0 unspecified atom stereocenters. The van der Waals surface area contributed by atoms with Crippen LogP contribution in [-0.2, 0) is 9.59 Å². The molecule has 0 spiro atoms. The maximum absolute atomic E-state index is 11.8. The van der Waals surface area contributed by atoms with Gasteiger partial charge >= 0.3 is 0 Å². The Kier molecular flexibility index (Phi) is 3.55. The van der Waals surface area contributed by atoms with Crippen molar-refractivity contribution < 1.29 is 9.59 Å². The van der Waals surface area contributed by atoms with Gasteiger partial charge in [-0.05, 0) is 25.7 Å². The Hall–Kier alpha value is -0.660. The van der Waals surface area contributed by atoms with Crippen molar-refractivity contribution >= 4 is 11.6 Å². The van der Waals surface area contributed by atoms with Crippen molar-refractivity contribution in [2.45, 2.75) is 57.8 Å². The molecule has 2 aliphatic carbocycles. The summed E-state index contributed by atoms with van der Waals surface area (Å²) in [5.74, 6) is 0.888. The van der Waals surface area contributed by atoms with E-state index in [0.29, 0.717) is 0 Å². The molecule has 2 rings (SSSR count). The number of Topliss-reactive ketones (excluding diaryl/α,β-unsaturated/α-hetero) is 2. The van der Waals surface area contributed by atoms with Gasteiger partial charge in [-0.3, -0.25) is 9.59 Å². The molecule has 15 heavy (non-hydrogen) atoms. The molecule has 0 heterocycles. The molecule has 2 fully saturated rings. The van der Waals surface area contributed by atoms with Crippen molar-refractivity contribution in [3.63, 3.8) is 0 Å². The summed E-state index contributed by atoms with van der Waals surface area (Å²) in [6.07, 6.45) is 9.03. The topological polar surface area (TPSA) is 34.1 Å². The summed E-state index contributed by atoms with van der Waals surface area (Å²) in [6.45, 7) is 0. The number of carbonyl (C=O) groups excluding carboxylic acids is 2. The second kappa shape index (κ2) is 4.91. The Bertz CT molecular complexity index is 219. The highest BCUT2D eigenvalue weighted by molar-refractivity contribution is 6.01. The molecule has 0 N–H and O–H groups in total. The summed E-state index contributed by atoms with van der Waals surface area (Å²) in [5, 5.41) is 0. The summed E-state index contributed by atoms with van der Waals surface area (Å²) in [7, 11) is 0. The molecule has 0 radical (unpaired) electrons. The lowest BCUT2D eigenvalue weighted by molar-refractivity contribution is -0.131. The summed E-state index contributed by atoms with van der Waals surface area (Å²) in [4.78, 5) is 23.6. The van der Waals surface area contributed by atoms with Gasteiger partial charge in [-0.2, -0.15) is 0 Å². The quantitative estimate of drug-likeness (QED) is 0.666. The van der Waals surface area contributed by atoms with Crippen molar-refractivity contribution in [1.29, 1.82) is 0 Å². The van der Waals surface area contributed by atoms with Crippen LogP contribution in [0, 0.1) is 11.8 Å². The minimum atomic E-state index is 0.218. The Morgan fingerprint density at radius 3 is 1.40 bits per heavy atom. The molecule has 2 saturated carbocycles. The number of ketones is 2. The van der Waals surface area contributed by atoms with E-state index in [0.717, 1.165) is 25.7 Å². The fraction of sp³-hybridized carbons (Fsp3) is 0.846. The third kappa shape index (κ3) is 2.67. The molecule has 0 amide bonds. The third-order valence-electron chi connectivity index (χ3n) is 3.97. The third-order valence-corrected chi connectivity index (χ3v) is 3.97. The predicted octanol–water partition coefficient (Wildman–Crippen LogP) is 2.90. The zero-order valence-electron chi connectivity index (χ0n) is 9.34. The van der Waals surface area contributed by atoms with Crippen molar-refractivity contribution in [2.24, 2.45) is 11.8 Å². The van der Waals surface area contributed by atoms with Crippen molar-refractivity contribution in [2.75, 3.05) is 0 Å². The zero-order chi connectivity index (χ0) is 10.7. The summed E-state index contributed by atoms with van der Waals surface area (Å²) < 4.78 is 0. The first-order valence-electron chi connectivity index (χ1n) is 6.33. The molecule has 84 valence electrons. The van der Waals surface area contributed by atoms with Gasteiger partial charge in [-0.1, -0.05) is 25.7 Å². The normalized spacial score (nSPS) is 23.5. The summed E-state index contributed by atoms with van der Waals surface area (Å²) in [5.41, 5.74) is 0. The maximum Gasteiger partial charge on any atom is 0.143 e. The van der Waals surface area contributed by atoms with E-state index in [9.17, 15) is 9.59 Å². The Balaban J connectivity index is 1.79. The first kappa shape index (κ1) is 10.8. The largest absolute Gasteiger partial charge is 0.299 e. The number of carbonyl (C=O) groups is 2. The van der Waals surface area contributed by atoms with Crippen LogP contribution < -0.4 is 0 Å². The average molecular weight is 208 g/mol. The monoisotopic (exact) mass is 208 g/mol. The van der Waals surface area contributed by atoms with Gasteiger partial charge in [0.1, 0.15) is 11.6 Å². The van der Waals surface area contributed by atoms with E-state index in [4.69, 9.17) is 0 Å². The van der Waals surface area contributed by atoms with Gasteiger partial charge in [0.15, 0.2) is 0 Å².